The zero-order chi connectivity index (χ0) is 18.7. The molecule has 3 aromatic rings. The van der Waals surface area contributed by atoms with Crippen molar-refractivity contribution in [3.8, 4) is 10.6 Å². The van der Waals surface area contributed by atoms with Gasteiger partial charge in [-0.15, -0.1) is 10.2 Å². The second-order valence-electron chi connectivity index (χ2n) is 4.99. The highest BCUT2D eigenvalue weighted by Gasteiger charge is 2.20. The molecular weight excluding hydrogens is 360 g/mol. The van der Waals surface area contributed by atoms with E-state index in [0.29, 0.717) is 0 Å². The molecule has 0 aliphatic carbocycles. The van der Waals surface area contributed by atoms with Gasteiger partial charge in [-0.1, -0.05) is 35.6 Å². The van der Waals surface area contributed by atoms with E-state index in [9.17, 15) is 19.7 Å². The van der Waals surface area contributed by atoms with Crippen LogP contribution in [0.4, 0.5) is 10.8 Å². The van der Waals surface area contributed by atoms with Crippen molar-refractivity contribution in [1.29, 1.82) is 0 Å². The van der Waals surface area contributed by atoms with E-state index in [-0.39, 0.29) is 32.5 Å². The zero-order valence-corrected chi connectivity index (χ0v) is 13.8. The number of nitrogens with zero attached hydrogens (tertiary/aromatic N) is 3. The number of carboxylic acid groups (broad SMARTS) is 1. The van der Waals surface area contributed by atoms with Crippen LogP contribution in [-0.4, -0.2) is 32.1 Å². The highest BCUT2D eigenvalue weighted by atomic mass is 32.1. The number of rotatable bonds is 5. The first-order chi connectivity index (χ1) is 12.5. The highest BCUT2D eigenvalue weighted by Crippen LogP contribution is 2.33. The molecule has 10 heteroatoms. The van der Waals surface area contributed by atoms with Crippen LogP contribution < -0.4 is 5.32 Å². The Labute approximate surface area is 150 Å². The minimum atomic E-state index is -1.23. The molecule has 2 aromatic carbocycles. The molecule has 0 aliphatic heterocycles. The monoisotopic (exact) mass is 370 g/mol. The summed E-state index contributed by atoms with van der Waals surface area (Å²) in [5.74, 6) is -1.89. The van der Waals surface area contributed by atoms with E-state index in [4.69, 9.17) is 5.11 Å². The van der Waals surface area contributed by atoms with Crippen molar-refractivity contribution < 1.29 is 19.6 Å². The van der Waals surface area contributed by atoms with Gasteiger partial charge in [-0.25, -0.2) is 4.79 Å². The number of carbonyl (C=O) groups is 2. The molecule has 26 heavy (non-hydrogen) atoms. The lowest BCUT2D eigenvalue weighted by molar-refractivity contribution is -0.384. The van der Waals surface area contributed by atoms with Crippen LogP contribution in [0.15, 0.2) is 48.5 Å². The van der Waals surface area contributed by atoms with Crippen LogP contribution >= 0.6 is 11.3 Å². The van der Waals surface area contributed by atoms with E-state index in [1.165, 1.54) is 36.4 Å². The molecule has 2 N–H and O–H groups in total. The molecule has 0 unspecified atom stereocenters. The number of carboxylic acids is 1. The molecule has 0 spiro atoms. The van der Waals surface area contributed by atoms with Crippen LogP contribution in [0, 0.1) is 10.1 Å². The summed E-state index contributed by atoms with van der Waals surface area (Å²) >= 11 is 0.949. The topological polar surface area (TPSA) is 135 Å². The fraction of sp³-hybridized carbons (Fsp3) is 0. The van der Waals surface area contributed by atoms with Crippen LogP contribution in [0.5, 0.6) is 0 Å². The van der Waals surface area contributed by atoms with Gasteiger partial charge in [0.05, 0.1) is 21.6 Å². The average molecular weight is 370 g/mol. The number of nitrogens with one attached hydrogen (secondary N) is 1. The van der Waals surface area contributed by atoms with E-state index in [1.54, 1.807) is 12.1 Å². The first-order valence-corrected chi connectivity index (χ1v) is 8.00. The molecular formula is C16H10N4O5S. The van der Waals surface area contributed by atoms with Crippen molar-refractivity contribution in [2.75, 3.05) is 5.32 Å². The van der Waals surface area contributed by atoms with E-state index < -0.39 is 16.8 Å². The van der Waals surface area contributed by atoms with E-state index >= 15 is 0 Å². The van der Waals surface area contributed by atoms with Gasteiger partial charge >= 0.3 is 5.97 Å². The summed E-state index contributed by atoms with van der Waals surface area (Å²) in [6.45, 7) is 0. The fourth-order valence-electron chi connectivity index (χ4n) is 2.23. The highest BCUT2D eigenvalue weighted by molar-refractivity contribution is 7.18. The number of hydrogen-bond acceptors (Lipinski definition) is 7. The van der Waals surface area contributed by atoms with Gasteiger partial charge in [0.1, 0.15) is 0 Å². The van der Waals surface area contributed by atoms with Crippen molar-refractivity contribution in [2.45, 2.75) is 0 Å². The lowest BCUT2D eigenvalue weighted by atomic mass is 10.1. The summed E-state index contributed by atoms with van der Waals surface area (Å²) in [6, 6.07) is 11.8. The predicted molar refractivity (Wildman–Crippen MR) is 93.4 cm³/mol. The molecule has 0 saturated carbocycles. The molecule has 0 atom stereocenters. The Balaban J connectivity index is 1.87. The summed E-state index contributed by atoms with van der Waals surface area (Å²) in [5, 5.41) is 30.7. The van der Waals surface area contributed by atoms with Gasteiger partial charge in [0, 0.05) is 6.07 Å². The number of aromatic nitrogens is 2. The largest absolute Gasteiger partial charge is 0.478 e. The molecule has 1 heterocycles. The van der Waals surface area contributed by atoms with Crippen LogP contribution in [0.3, 0.4) is 0 Å². The van der Waals surface area contributed by atoms with Gasteiger partial charge in [0.15, 0.2) is 5.01 Å². The quantitative estimate of drug-likeness (QED) is 0.520. The molecule has 0 fully saturated rings. The Morgan fingerprint density at radius 3 is 2.38 bits per heavy atom. The Kier molecular flexibility index (Phi) is 4.67. The summed E-state index contributed by atoms with van der Waals surface area (Å²) in [4.78, 5) is 34.1. The van der Waals surface area contributed by atoms with Crippen LogP contribution in [-0.2, 0) is 0 Å². The second kappa shape index (κ2) is 7.07. The molecule has 130 valence electrons. The molecule has 9 nitrogen and oxygen atoms in total. The molecule has 3 rings (SSSR count). The molecule has 0 bridgehead atoms. The molecule has 0 radical (unpaired) electrons. The normalized spacial score (nSPS) is 10.3. The van der Waals surface area contributed by atoms with Gasteiger partial charge in [-0.3, -0.25) is 20.2 Å². The summed E-state index contributed by atoms with van der Waals surface area (Å²) < 4.78 is 0. The number of anilines is 1. The third-order valence-electron chi connectivity index (χ3n) is 3.38. The number of nitro groups is 1. The first-order valence-electron chi connectivity index (χ1n) is 7.18. The Morgan fingerprint density at radius 2 is 1.69 bits per heavy atom. The third kappa shape index (κ3) is 3.39. The molecule has 1 aromatic heterocycles. The lowest BCUT2D eigenvalue weighted by Gasteiger charge is -2.04. The maximum absolute atomic E-state index is 12.3. The third-order valence-corrected chi connectivity index (χ3v) is 4.25. The van der Waals surface area contributed by atoms with Crippen molar-refractivity contribution in [1.82, 2.24) is 10.2 Å². The van der Waals surface area contributed by atoms with Gasteiger partial charge in [0.25, 0.3) is 11.6 Å². The van der Waals surface area contributed by atoms with E-state index in [2.05, 4.69) is 15.5 Å². The summed E-state index contributed by atoms with van der Waals surface area (Å²) in [7, 11) is 0. The summed E-state index contributed by atoms with van der Waals surface area (Å²) in [5.41, 5.74) is -0.0185. The van der Waals surface area contributed by atoms with Crippen molar-refractivity contribution in [3.05, 3.63) is 69.8 Å². The van der Waals surface area contributed by atoms with Gasteiger partial charge in [-0.2, -0.15) is 0 Å². The minimum absolute atomic E-state index is 0.0255. The predicted octanol–water partition coefficient (Wildman–Crippen LogP) is 3.06. The fourth-order valence-corrected chi connectivity index (χ4v) is 3.00. The van der Waals surface area contributed by atoms with Gasteiger partial charge in [0.2, 0.25) is 5.13 Å². The number of nitro benzene ring substituents is 1. The SMILES string of the molecule is O=C(O)c1ccccc1C(=O)Nc1nnc(-c2ccccc2[N+](=O)[O-])s1. The minimum Gasteiger partial charge on any atom is -0.478 e. The van der Waals surface area contributed by atoms with Crippen molar-refractivity contribution in [3.63, 3.8) is 0 Å². The lowest BCUT2D eigenvalue weighted by Crippen LogP contribution is -2.16. The molecule has 0 saturated heterocycles. The molecule has 1 amide bonds. The Morgan fingerprint density at radius 1 is 1.04 bits per heavy atom. The first kappa shape index (κ1) is 17.2. The van der Waals surface area contributed by atoms with Crippen molar-refractivity contribution in [2.24, 2.45) is 0 Å². The number of aromatic carboxylic acids is 1. The number of benzene rings is 2. The van der Waals surface area contributed by atoms with Gasteiger partial charge < -0.3 is 5.11 Å². The van der Waals surface area contributed by atoms with Crippen LogP contribution in [0.1, 0.15) is 20.7 Å². The number of para-hydroxylation sites is 1. The maximum atomic E-state index is 12.3. The standard InChI is InChI=1S/C16H10N4O5S/c21-13(9-5-1-2-6-10(9)15(22)23)17-16-19-18-14(26-16)11-7-3-4-8-12(11)20(24)25/h1-8H,(H,22,23)(H,17,19,21). The van der Waals surface area contributed by atoms with Crippen LogP contribution in [0.2, 0.25) is 0 Å². The van der Waals surface area contributed by atoms with E-state index in [0.717, 1.165) is 11.3 Å². The Bertz CT molecular complexity index is 1020. The van der Waals surface area contributed by atoms with E-state index in [1.807, 2.05) is 0 Å². The molecule has 0 aliphatic rings. The zero-order valence-electron chi connectivity index (χ0n) is 12.9. The average Bonchev–Trinajstić information content (AvgIpc) is 3.10. The van der Waals surface area contributed by atoms with Crippen LogP contribution in [0.25, 0.3) is 10.6 Å². The maximum Gasteiger partial charge on any atom is 0.336 e. The van der Waals surface area contributed by atoms with Gasteiger partial charge in [-0.05, 0) is 18.2 Å². The number of hydrogen-bond donors (Lipinski definition) is 2. The number of amides is 1. The summed E-state index contributed by atoms with van der Waals surface area (Å²) in [6.07, 6.45) is 0. The second-order valence-corrected chi connectivity index (χ2v) is 5.97. The van der Waals surface area contributed by atoms with Crippen molar-refractivity contribution >= 4 is 34.0 Å². The number of carbonyl (C=O) groups excluding carboxylic acids is 1. The Hall–Kier alpha value is -3.66. The smallest absolute Gasteiger partial charge is 0.336 e.